The summed E-state index contributed by atoms with van der Waals surface area (Å²) < 4.78 is 29.1. The standard InChI is InChI=1S/C20H21F2N5O2/c1-25-17(23-9-8-18(25)28)12-26-10-4-7-15(26)19-24-14-6-3-2-5-13(14)20(29)27(19)11-16(21)22/h2-3,5-6,8-9,15-16H,4,7,10-12H2,1H3. The van der Waals surface area contributed by atoms with Gasteiger partial charge < -0.3 is 0 Å². The molecule has 1 aliphatic rings. The first-order chi connectivity index (χ1) is 14.0. The third-order valence-corrected chi connectivity index (χ3v) is 5.38. The minimum atomic E-state index is -2.67. The minimum Gasteiger partial charge on any atom is -0.299 e. The van der Waals surface area contributed by atoms with Crippen LogP contribution in [0.5, 0.6) is 0 Å². The molecule has 29 heavy (non-hydrogen) atoms. The van der Waals surface area contributed by atoms with Gasteiger partial charge in [-0.2, -0.15) is 0 Å². The van der Waals surface area contributed by atoms with Crippen molar-refractivity contribution >= 4 is 10.9 Å². The highest BCUT2D eigenvalue weighted by Crippen LogP contribution is 2.32. The number of hydrogen-bond acceptors (Lipinski definition) is 5. The Balaban J connectivity index is 1.78. The van der Waals surface area contributed by atoms with Gasteiger partial charge in [-0.25, -0.2) is 18.7 Å². The highest BCUT2D eigenvalue weighted by molar-refractivity contribution is 5.77. The summed E-state index contributed by atoms with van der Waals surface area (Å²) in [6.45, 7) is 0.375. The van der Waals surface area contributed by atoms with Crippen molar-refractivity contribution in [2.45, 2.75) is 38.4 Å². The third-order valence-electron chi connectivity index (χ3n) is 5.38. The molecule has 0 bridgehead atoms. The first-order valence-corrected chi connectivity index (χ1v) is 9.48. The molecule has 1 fully saturated rings. The van der Waals surface area contributed by atoms with Gasteiger partial charge in [0.1, 0.15) is 11.6 Å². The third kappa shape index (κ3) is 3.69. The van der Waals surface area contributed by atoms with Crippen LogP contribution in [0.1, 0.15) is 30.5 Å². The molecule has 3 aromatic rings. The van der Waals surface area contributed by atoms with Crippen LogP contribution in [0.4, 0.5) is 8.78 Å². The number of para-hydroxylation sites is 1. The Kier molecular flexibility index (Phi) is 5.23. The topological polar surface area (TPSA) is 73.0 Å². The molecule has 0 spiro atoms. The normalized spacial score (nSPS) is 17.4. The number of fused-ring (bicyclic) bond motifs is 1. The molecule has 0 N–H and O–H groups in total. The van der Waals surface area contributed by atoms with E-state index in [-0.39, 0.29) is 11.6 Å². The second kappa shape index (κ2) is 7.82. The summed E-state index contributed by atoms with van der Waals surface area (Å²) in [4.78, 5) is 35.7. The van der Waals surface area contributed by atoms with Crippen molar-refractivity contribution in [3.8, 4) is 0 Å². The van der Waals surface area contributed by atoms with Crippen molar-refractivity contribution in [1.82, 2.24) is 24.0 Å². The van der Waals surface area contributed by atoms with Crippen molar-refractivity contribution in [3.05, 3.63) is 68.9 Å². The smallest absolute Gasteiger partial charge is 0.261 e. The fraction of sp³-hybridized carbons (Fsp3) is 0.400. The average molecular weight is 401 g/mol. The summed E-state index contributed by atoms with van der Waals surface area (Å²) >= 11 is 0. The molecule has 0 amide bonds. The molecule has 9 heteroatoms. The second-order valence-corrected chi connectivity index (χ2v) is 7.18. The summed E-state index contributed by atoms with van der Waals surface area (Å²) in [6.07, 6.45) is 0.322. The molecular formula is C20H21F2N5O2. The van der Waals surface area contributed by atoms with Gasteiger partial charge in [0.2, 0.25) is 0 Å². The van der Waals surface area contributed by atoms with Crippen molar-refractivity contribution in [2.75, 3.05) is 6.54 Å². The van der Waals surface area contributed by atoms with E-state index in [9.17, 15) is 18.4 Å². The second-order valence-electron chi connectivity index (χ2n) is 7.18. The fourth-order valence-corrected chi connectivity index (χ4v) is 3.90. The van der Waals surface area contributed by atoms with E-state index in [1.165, 1.54) is 16.8 Å². The van der Waals surface area contributed by atoms with Crippen LogP contribution in [0.15, 0.2) is 46.1 Å². The first kappa shape index (κ1) is 19.4. The molecule has 2 aromatic heterocycles. The lowest BCUT2D eigenvalue weighted by Gasteiger charge is -2.26. The molecule has 0 radical (unpaired) electrons. The van der Waals surface area contributed by atoms with Gasteiger partial charge in [0, 0.05) is 19.3 Å². The van der Waals surface area contributed by atoms with Crippen LogP contribution < -0.4 is 11.1 Å². The molecule has 1 atom stereocenters. The van der Waals surface area contributed by atoms with E-state index in [4.69, 9.17) is 0 Å². The molecule has 1 unspecified atom stereocenters. The maximum absolute atomic E-state index is 13.3. The van der Waals surface area contributed by atoms with E-state index in [0.717, 1.165) is 11.0 Å². The van der Waals surface area contributed by atoms with E-state index in [1.54, 1.807) is 31.3 Å². The van der Waals surface area contributed by atoms with Crippen molar-refractivity contribution in [1.29, 1.82) is 0 Å². The number of halogens is 2. The maximum Gasteiger partial charge on any atom is 0.261 e. The lowest BCUT2D eigenvalue weighted by Crippen LogP contribution is -2.34. The molecule has 7 nitrogen and oxygen atoms in total. The van der Waals surface area contributed by atoms with Crippen LogP contribution in [-0.2, 0) is 20.1 Å². The maximum atomic E-state index is 13.3. The monoisotopic (exact) mass is 401 g/mol. The minimum absolute atomic E-state index is 0.163. The first-order valence-electron chi connectivity index (χ1n) is 9.48. The molecule has 0 saturated carbocycles. The molecule has 1 aliphatic heterocycles. The largest absolute Gasteiger partial charge is 0.299 e. The molecule has 152 valence electrons. The lowest BCUT2D eigenvalue weighted by atomic mass is 10.1. The van der Waals surface area contributed by atoms with Crippen LogP contribution in [-0.4, -0.2) is 37.0 Å². The van der Waals surface area contributed by atoms with Gasteiger partial charge >= 0.3 is 0 Å². The van der Waals surface area contributed by atoms with Crippen LogP contribution in [0.3, 0.4) is 0 Å². The Bertz CT molecular complexity index is 1160. The molecule has 0 aliphatic carbocycles. The number of rotatable bonds is 5. The van der Waals surface area contributed by atoms with Gasteiger partial charge in [0.15, 0.2) is 0 Å². The van der Waals surface area contributed by atoms with E-state index in [0.29, 0.717) is 42.1 Å². The van der Waals surface area contributed by atoms with E-state index >= 15 is 0 Å². The molecule has 4 rings (SSSR count). The number of aromatic nitrogens is 4. The van der Waals surface area contributed by atoms with Gasteiger partial charge in [-0.3, -0.25) is 23.6 Å². The quantitative estimate of drug-likeness (QED) is 0.655. The lowest BCUT2D eigenvalue weighted by molar-refractivity contribution is 0.120. The number of likely N-dealkylation sites (tertiary alicyclic amines) is 1. The van der Waals surface area contributed by atoms with Gasteiger partial charge in [-0.15, -0.1) is 0 Å². The zero-order chi connectivity index (χ0) is 20.5. The summed E-state index contributed by atoms with van der Waals surface area (Å²) in [5, 5.41) is 0.327. The highest BCUT2D eigenvalue weighted by atomic mass is 19.3. The van der Waals surface area contributed by atoms with Crippen molar-refractivity contribution in [2.24, 2.45) is 7.05 Å². The van der Waals surface area contributed by atoms with Gasteiger partial charge in [-0.1, -0.05) is 12.1 Å². The Morgan fingerprint density at radius 3 is 2.79 bits per heavy atom. The van der Waals surface area contributed by atoms with Crippen molar-refractivity contribution < 1.29 is 8.78 Å². The predicted molar refractivity (Wildman–Crippen MR) is 104 cm³/mol. The Hall–Kier alpha value is -2.94. The van der Waals surface area contributed by atoms with Crippen molar-refractivity contribution in [3.63, 3.8) is 0 Å². The van der Waals surface area contributed by atoms with Crippen LogP contribution in [0.2, 0.25) is 0 Å². The van der Waals surface area contributed by atoms with Crippen LogP contribution in [0, 0.1) is 0 Å². The van der Waals surface area contributed by atoms with Crippen LogP contribution >= 0.6 is 0 Å². The van der Waals surface area contributed by atoms with Gasteiger partial charge in [-0.05, 0) is 31.5 Å². The number of hydrogen-bond donors (Lipinski definition) is 0. The molecular weight excluding hydrogens is 380 g/mol. The molecule has 1 aromatic carbocycles. The van der Waals surface area contributed by atoms with Gasteiger partial charge in [0.05, 0.1) is 30.0 Å². The molecule has 3 heterocycles. The average Bonchev–Trinajstić information content (AvgIpc) is 3.15. The fourth-order valence-electron chi connectivity index (χ4n) is 3.90. The number of benzene rings is 1. The Morgan fingerprint density at radius 2 is 2.00 bits per heavy atom. The van der Waals surface area contributed by atoms with E-state index in [2.05, 4.69) is 9.97 Å². The van der Waals surface area contributed by atoms with Crippen LogP contribution in [0.25, 0.3) is 10.9 Å². The Morgan fingerprint density at radius 1 is 1.21 bits per heavy atom. The summed E-state index contributed by atoms with van der Waals surface area (Å²) in [7, 11) is 1.65. The summed E-state index contributed by atoms with van der Waals surface area (Å²) in [5.41, 5.74) is -0.123. The van der Waals surface area contributed by atoms with E-state index in [1.807, 2.05) is 4.90 Å². The zero-order valence-electron chi connectivity index (χ0n) is 16.0. The van der Waals surface area contributed by atoms with Gasteiger partial charge in [0.25, 0.3) is 17.5 Å². The summed E-state index contributed by atoms with van der Waals surface area (Å²) in [5.74, 6) is 0.917. The number of alkyl halides is 2. The Labute approximate surface area is 165 Å². The molecule has 1 saturated heterocycles. The highest BCUT2D eigenvalue weighted by Gasteiger charge is 2.31. The predicted octanol–water partition coefficient (Wildman–Crippen LogP) is 2.09. The zero-order valence-corrected chi connectivity index (χ0v) is 16.0. The SMILES string of the molecule is Cn1c(CN2CCCC2c2nc3ccccc3c(=O)n2CC(F)F)nccc1=O. The summed E-state index contributed by atoms with van der Waals surface area (Å²) in [6, 6.07) is 7.87. The number of nitrogens with zero attached hydrogens (tertiary/aromatic N) is 5. The van der Waals surface area contributed by atoms with E-state index < -0.39 is 18.5 Å².